The molecule has 2 aromatic heterocycles. The van der Waals surface area contributed by atoms with E-state index in [1.54, 1.807) is 18.5 Å². The smallest absolute Gasteiger partial charge is 0.197 e. The maximum Gasteiger partial charge on any atom is 0.197 e. The highest BCUT2D eigenvalue weighted by atomic mass is 32.2. The van der Waals surface area contributed by atoms with E-state index < -0.39 is 11.1 Å². The highest BCUT2D eigenvalue weighted by Gasteiger charge is 2.28. The van der Waals surface area contributed by atoms with Gasteiger partial charge in [0.1, 0.15) is 12.0 Å². The van der Waals surface area contributed by atoms with Gasteiger partial charge in [0.25, 0.3) is 0 Å². The van der Waals surface area contributed by atoms with Crippen LogP contribution < -0.4 is 0 Å². The van der Waals surface area contributed by atoms with Crippen LogP contribution in [0.15, 0.2) is 29.0 Å². The van der Waals surface area contributed by atoms with Gasteiger partial charge in [-0.05, 0) is 36.1 Å². The molecule has 0 spiro atoms. The van der Waals surface area contributed by atoms with Gasteiger partial charge in [0.05, 0.1) is 11.4 Å². The predicted octanol–water partition coefficient (Wildman–Crippen LogP) is 1.99. The van der Waals surface area contributed by atoms with E-state index in [9.17, 15) is 8.76 Å². The summed E-state index contributed by atoms with van der Waals surface area (Å²) in [4.78, 5) is 8.49. The summed E-state index contributed by atoms with van der Waals surface area (Å²) in [5.41, 5.74) is 2.11. The monoisotopic (exact) mass is 263 g/mol. The molecule has 5 nitrogen and oxygen atoms in total. The first kappa shape index (κ1) is 11.6. The van der Waals surface area contributed by atoms with Crippen molar-refractivity contribution in [3.8, 4) is 11.3 Å². The number of nitrogens with zero attached hydrogens (tertiary/aromatic N) is 2. The second-order valence-corrected chi connectivity index (χ2v) is 5.23. The van der Waals surface area contributed by atoms with Gasteiger partial charge < -0.3 is 8.97 Å². The molecule has 2 heterocycles. The molecule has 0 radical (unpaired) electrons. The Bertz CT molecular complexity index is 575. The molecule has 1 aliphatic rings. The van der Waals surface area contributed by atoms with E-state index >= 15 is 0 Å². The SMILES string of the molecule is O=S([O-])Cc1ccc(-c2coc(C3CC3)n2)cn1. The fourth-order valence-corrected chi connectivity index (χ4v) is 2.13. The fraction of sp³-hybridized carbons (Fsp3) is 0.333. The Morgan fingerprint density at radius 1 is 1.44 bits per heavy atom. The van der Waals surface area contributed by atoms with Gasteiger partial charge in [0.2, 0.25) is 0 Å². The summed E-state index contributed by atoms with van der Waals surface area (Å²) in [7, 11) is 0. The van der Waals surface area contributed by atoms with E-state index in [-0.39, 0.29) is 5.75 Å². The van der Waals surface area contributed by atoms with E-state index in [0.717, 1.165) is 30.0 Å². The van der Waals surface area contributed by atoms with E-state index in [0.29, 0.717) is 11.6 Å². The predicted molar refractivity (Wildman–Crippen MR) is 64.3 cm³/mol. The maximum atomic E-state index is 10.5. The average molecular weight is 263 g/mol. The lowest BCUT2D eigenvalue weighted by Gasteiger charge is -2.04. The van der Waals surface area contributed by atoms with Gasteiger partial charge >= 0.3 is 0 Å². The van der Waals surface area contributed by atoms with Gasteiger partial charge in [0.15, 0.2) is 5.89 Å². The molecule has 1 unspecified atom stereocenters. The molecular weight excluding hydrogens is 252 g/mol. The largest absolute Gasteiger partial charge is 0.772 e. The summed E-state index contributed by atoms with van der Waals surface area (Å²) in [5.74, 6) is 1.20. The Hall–Kier alpha value is -1.53. The normalized spacial score (nSPS) is 16.7. The van der Waals surface area contributed by atoms with Crippen LogP contribution in [0.25, 0.3) is 11.3 Å². The highest BCUT2D eigenvalue weighted by molar-refractivity contribution is 7.78. The van der Waals surface area contributed by atoms with Crippen LogP contribution >= 0.6 is 0 Å². The third kappa shape index (κ3) is 2.49. The maximum absolute atomic E-state index is 10.5. The number of rotatable bonds is 4. The third-order valence-electron chi connectivity index (χ3n) is 2.83. The molecule has 0 amide bonds. The fourth-order valence-electron chi connectivity index (χ4n) is 1.72. The zero-order valence-electron chi connectivity index (χ0n) is 9.54. The molecule has 2 aromatic rings. The van der Waals surface area contributed by atoms with Crippen molar-refractivity contribution in [1.29, 1.82) is 0 Å². The molecule has 6 heteroatoms. The molecule has 1 saturated carbocycles. The molecule has 3 rings (SSSR count). The van der Waals surface area contributed by atoms with Crippen molar-refractivity contribution in [3.05, 3.63) is 36.2 Å². The number of hydrogen-bond acceptors (Lipinski definition) is 5. The molecule has 1 aliphatic carbocycles. The summed E-state index contributed by atoms with van der Waals surface area (Å²) in [6.07, 6.45) is 5.53. The number of aromatic nitrogens is 2. The van der Waals surface area contributed by atoms with Gasteiger partial charge in [-0.2, -0.15) is 0 Å². The molecule has 18 heavy (non-hydrogen) atoms. The van der Waals surface area contributed by atoms with Crippen molar-refractivity contribution in [1.82, 2.24) is 9.97 Å². The van der Waals surface area contributed by atoms with Crippen LogP contribution in [0.4, 0.5) is 0 Å². The second-order valence-electron chi connectivity index (χ2n) is 4.33. The van der Waals surface area contributed by atoms with Crippen molar-refractivity contribution in [2.24, 2.45) is 0 Å². The van der Waals surface area contributed by atoms with Gasteiger partial charge in [-0.3, -0.25) is 9.19 Å². The minimum atomic E-state index is -2.11. The zero-order valence-corrected chi connectivity index (χ0v) is 10.4. The van der Waals surface area contributed by atoms with Crippen molar-refractivity contribution < 1.29 is 13.2 Å². The van der Waals surface area contributed by atoms with Crippen LogP contribution in [0.3, 0.4) is 0 Å². The van der Waals surface area contributed by atoms with Crippen molar-refractivity contribution >= 4 is 11.1 Å². The third-order valence-corrected chi connectivity index (χ3v) is 3.37. The van der Waals surface area contributed by atoms with Crippen molar-refractivity contribution in [3.63, 3.8) is 0 Å². The summed E-state index contributed by atoms with van der Waals surface area (Å²) in [5, 5.41) is 0. The first-order chi connectivity index (χ1) is 8.72. The van der Waals surface area contributed by atoms with Gasteiger partial charge in [-0.15, -0.1) is 0 Å². The average Bonchev–Trinajstić information content (AvgIpc) is 3.08. The second kappa shape index (κ2) is 4.62. The topological polar surface area (TPSA) is 79.0 Å². The summed E-state index contributed by atoms with van der Waals surface area (Å²) < 4.78 is 26.5. The summed E-state index contributed by atoms with van der Waals surface area (Å²) in [6, 6.07) is 3.50. The number of oxazole rings is 1. The summed E-state index contributed by atoms with van der Waals surface area (Å²) in [6.45, 7) is 0. The minimum absolute atomic E-state index is 0.0631. The lowest BCUT2D eigenvalue weighted by molar-refractivity contribution is 0.497. The molecule has 94 valence electrons. The Kier molecular flexibility index (Phi) is 2.97. The van der Waals surface area contributed by atoms with Crippen LogP contribution in [0, 0.1) is 0 Å². The molecule has 0 aromatic carbocycles. The Morgan fingerprint density at radius 3 is 2.89 bits per heavy atom. The molecular formula is C12H11N2O3S-. The molecule has 0 saturated heterocycles. The molecule has 0 aliphatic heterocycles. The van der Waals surface area contributed by atoms with Crippen LogP contribution in [-0.2, 0) is 16.8 Å². The van der Waals surface area contributed by atoms with E-state index in [1.165, 1.54) is 0 Å². The van der Waals surface area contributed by atoms with Crippen LogP contribution in [0.1, 0.15) is 30.3 Å². The Labute approximate surface area is 107 Å². The molecule has 1 fully saturated rings. The van der Waals surface area contributed by atoms with E-state index in [4.69, 9.17) is 4.42 Å². The highest BCUT2D eigenvalue weighted by Crippen LogP contribution is 2.40. The van der Waals surface area contributed by atoms with E-state index in [2.05, 4.69) is 9.97 Å². The lowest BCUT2D eigenvalue weighted by Crippen LogP contribution is -1.96. The van der Waals surface area contributed by atoms with Gasteiger partial charge in [-0.1, -0.05) is 0 Å². The molecule has 1 atom stereocenters. The first-order valence-electron chi connectivity index (χ1n) is 5.69. The van der Waals surface area contributed by atoms with Gasteiger partial charge in [-0.25, -0.2) is 4.98 Å². The van der Waals surface area contributed by atoms with Crippen molar-refractivity contribution in [2.75, 3.05) is 0 Å². The number of hydrogen-bond donors (Lipinski definition) is 0. The summed E-state index contributed by atoms with van der Waals surface area (Å²) >= 11 is -2.11. The number of pyridine rings is 1. The van der Waals surface area contributed by atoms with E-state index in [1.807, 2.05) is 6.07 Å². The molecule has 0 N–H and O–H groups in total. The van der Waals surface area contributed by atoms with Crippen LogP contribution in [0.2, 0.25) is 0 Å². The standard InChI is InChI=1S/C12H12N2O3S/c15-18(16)7-10-4-3-9(5-13-10)11-6-17-12(14-11)8-1-2-8/h3-6,8H,1-2,7H2,(H,15,16)/p-1. The quantitative estimate of drug-likeness (QED) is 0.788. The van der Waals surface area contributed by atoms with Crippen LogP contribution in [-0.4, -0.2) is 18.7 Å². The molecule has 0 bridgehead atoms. The van der Waals surface area contributed by atoms with Crippen molar-refractivity contribution in [2.45, 2.75) is 24.5 Å². The van der Waals surface area contributed by atoms with Gasteiger partial charge in [0, 0.05) is 17.7 Å². The lowest BCUT2D eigenvalue weighted by atomic mass is 10.2. The van der Waals surface area contributed by atoms with Crippen LogP contribution in [0.5, 0.6) is 0 Å². The Balaban J connectivity index is 1.80. The zero-order chi connectivity index (χ0) is 12.5. The minimum Gasteiger partial charge on any atom is -0.772 e. The first-order valence-corrected chi connectivity index (χ1v) is 6.93. The Morgan fingerprint density at radius 2 is 2.28 bits per heavy atom.